The smallest absolute Gasteiger partial charge is 0.403 e. The molecule has 0 bridgehead atoms. The highest BCUT2D eigenvalue weighted by atomic mass is 31.2. The topological polar surface area (TPSA) is 178 Å². The van der Waals surface area contributed by atoms with Crippen LogP contribution in [-0.4, -0.2) is 78.2 Å². The van der Waals surface area contributed by atoms with Gasteiger partial charge in [0.2, 0.25) is 5.88 Å². The van der Waals surface area contributed by atoms with Gasteiger partial charge in [-0.15, -0.1) is 0 Å². The number of aromatic nitrogens is 4. The van der Waals surface area contributed by atoms with E-state index in [1.807, 2.05) is 5.09 Å². The van der Waals surface area contributed by atoms with E-state index in [4.69, 9.17) is 19.1 Å². The van der Waals surface area contributed by atoms with Crippen molar-refractivity contribution in [3.8, 4) is 5.88 Å². The minimum atomic E-state index is -4.55. The number of carbonyl (C=O) groups is 1. The molecule has 0 radical (unpaired) electrons. The number of carboxylic acid groups (broad SMARTS) is 1. The average Bonchev–Trinajstić information content (AvgIpc) is 3.19. The van der Waals surface area contributed by atoms with Crippen LogP contribution in [0.4, 0.5) is 4.39 Å². The first-order chi connectivity index (χ1) is 14.0. The van der Waals surface area contributed by atoms with E-state index >= 15 is 4.39 Å². The number of carboxylic acids is 1. The van der Waals surface area contributed by atoms with Crippen molar-refractivity contribution in [3.05, 3.63) is 12.7 Å². The van der Waals surface area contributed by atoms with Crippen LogP contribution in [0.2, 0.25) is 0 Å². The Morgan fingerprint density at radius 3 is 2.83 bits per heavy atom. The Bertz CT molecular complexity index is 987. The number of methoxy groups -OCH3 is 1. The van der Waals surface area contributed by atoms with Crippen molar-refractivity contribution in [2.75, 3.05) is 13.7 Å². The fraction of sp³-hybridized carbons (Fsp3) is 0.600. The van der Waals surface area contributed by atoms with Gasteiger partial charge < -0.3 is 24.6 Å². The number of rotatable bonds is 8. The standard InChI is InChI=1S/C15H21FN5O8P/c1-7(13(23)24)20-30(25,26)28-4-8-10(22)15(2,16)14(29-8)21-6-19-9-11(21)17-5-18-12(9)27-3/h5-8,10,14,22H,4H2,1-3H3,(H,23,24)(H2,20,25,26)/t7-,8+,10+,14+,15+/m0/s1. The molecule has 1 aliphatic heterocycles. The van der Waals surface area contributed by atoms with Crippen LogP contribution in [0.3, 0.4) is 0 Å². The quantitative estimate of drug-likeness (QED) is 0.397. The highest BCUT2D eigenvalue weighted by molar-refractivity contribution is 7.50. The highest BCUT2D eigenvalue weighted by Gasteiger charge is 2.55. The van der Waals surface area contributed by atoms with Crippen molar-refractivity contribution in [2.45, 2.75) is 44.0 Å². The van der Waals surface area contributed by atoms with E-state index in [-0.39, 0.29) is 17.0 Å². The fourth-order valence-corrected chi connectivity index (χ4v) is 4.04. The number of aliphatic carboxylic acids is 1. The Morgan fingerprint density at radius 1 is 1.50 bits per heavy atom. The zero-order valence-corrected chi connectivity index (χ0v) is 17.1. The van der Waals surface area contributed by atoms with E-state index in [9.17, 15) is 19.4 Å². The zero-order chi connectivity index (χ0) is 22.3. The molecule has 3 rings (SSSR count). The lowest BCUT2D eigenvalue weighted by Gasteiger charge is -2.24. The summed E-state index contributed by atoms with van der Waals surface area (Å²) in [6, 6.07) is -1.37. The van der Waals surface area contributed by atoms with E-state index in [1.54, 1.807) is 0 Å². The Labute approximate surface area is 169 Å². The number of ether oxygens (including phenoxy) is 2. The number of hydrogen-bond acceptors (Lipinski definition) is 9. The van der Waals surface area contributed by atoms with Gasteiger partial charge in [-0.2, -0.15) is 4.98 Å². The van der Waals surface area contributed by atoms with Crippen LogP contribution >= 0.6 is 7.75 Å². The summed E-state index contributed by atoms with van der Waals surface area (Å²) in [6.45, 7) is 1.55. The van der Waals surface area contributed by atoms with Crippen LogP contribution in [0, 0.1) is 0 Å². The number of aliphatic hydroxyl groups is 1. The van der Waals surface area contributed by atoms with Crippen LogP contribution in [0.25, 0.3) is 11.2 Å². The van der Waals surface area contributed by atoms with Crippen LogP contribution in [0.1, 0.15) is 20.1 Å². The van der Waals surface area contributed by atoms with Crippen LogP contribution < -0.4 is 9.82 Å². The third-order valence-corrected chi connectivity index (χ3v) is 5.84. The van der Waals surface area contributed by atoms with Gasteiger partial charge in [-0.3, -0.25) is 13.9 Å². The number of nitrogens with zero attached hydrogens (tertiary/aromatic N) is 4. The lowest BCUT2D eigenvalue weighted by atomic mass is 9.98. The second-order valence-corrected chi connectivity index (χ2v) is 8.39. The molecule has 15 heteroatoms. The van der Waals surface area contributed by atoms with Crippen molar-refractivity contribution in [3.63, 3.8) is 0 Å². The number of hydrogen-bond donors (Lipinski definition) is 4. The molecule has 30 heavy (non-hydrogen) atoms. The van der Waals surface area contributed by atoms with Gasteiger partial charge in [0.1, 0.15) is 24.6 Å². The normalized spacial score (nSPS) is 29.6. The summed E-state index contributed by atoms with van der Waals surface area (Å²) >= 11 is 0. The lowest BCUT2D eigenvalue weighted by Crippen LogP contribution is -2.41. The second kappa shape index (κ2) is 8.13. The van der Waals surface area contributed by atoms with Crippen molar-refractivity contribution in [2.24, 2.45) is 0 Å². The first kappa shape index (κ1) is 22.5. The first-order valence-electron chi connectivity index (χ1n) is 8.70. The minimum Gasteiger partial charge on any atom is -0.480 e. The molecule has 1 unspecified atom stereocenters. The predicted molar refractivity (Wildman–Crippen MR) is 97.3 cm³/mol. The molecule has 3 heterocycles. The molecule has 4 N–H and O–H groups in total. The van der Waals surface area contributed by atoms with Crippen LogP contribution in [0.15, 0.2) is 12.7 Å². The first-order valence-corrected chi connectivity index (χ1v) is 10.3. The maximum atomic E-state index is 15.3. The number of halogens is 1. The predicted octanol–water partition coefficient (Wildman–Crippen LogP) is 0.00110. The molecule has 1 aliphatic rings. The van der Waals surface area contributed by atoms with Gasteiger partial charge in [0.15, 0.2) is 23.1 Å². The highest BCUT2D eigenvalue weighted by Crippen LogP contribution is 2.45. The SMILES string of the molecule is COc1ncnc2c1ncn2[C@@H]1O[C@H](COP(=O)(O)N[C@@H](C)C(=O)O)[C@@H](O)[C@@]1(C)F. The van der Waals surface area contributed by atoms with Crippen molar-refractivity contribution in [1.82, 2.24) is 24.6 Å². The second-order valence-electron chi connectivity index (χ2n) is 6.84. The van der Waals surface area contributed by atoms with E-state index in [0.717, 1.165) is 13.8 Å². The molecular weight excluding hydrogens is 428 g/mol. The number of fused-ring (bicyclic) bond motifs is 1. The molecule has 1 fully saturated rings. The molecule has 0 amide bonds. The van der Waals surface area contributed by atoms with Gasteiger partial charge in [0, 0.05) is 0 Å². The largest absolute Gasteiger partial charge is 0.480 e. The van der Waals surface area contributed by atoms with Gasteiger partial charge in [-0.05, 0) is 13.8 Å². The van der Waals surface area contributed by atoms with E-state index in [2.05, 4.69) is 15.0 Å². The van der Waals surface area contributed by atoms with E-state index < -0.39 is 50.5 Å². The summed E-state index contributed by atoms with van der Waals surface area (Å²) in [7, 11) is -3.17. The molecule has 0 aromatic carbocycles. The Balaban J connectivity index is 1.79. The molecule has 166 valence electrons. The van der Waals surface area contributed by atoms with Crippen LogP contribution in [0.5, 0.6) is 5.88 Å². The van der Waals surface area contributed by atoms with Gasteiger partial charge >= 0.3 is 13.7 Å². The summed E-state index contributed by atoms with van der Waals surface area (Å²) < 4.78 is 44.0. The van der Waals surface area contributed by atoms with Crippen molar-refractivity contribution >= 4 is 24.9 Å². The number of alkyl halides is 1. The van der Waals surface area contributed by atoms with Gasteiger partial charge in [0.05, 0.1) is 20.0 Å². The third kappa shape index (κ3) is 4.15. The maximum absolute atomic E-state index is 15.3. The minimum absolute atomic E-state index is 0.164. The average molecular weight is 449 g/mol. The number of aliphatic hydroxyl groups excluding tert-OH is 1. The number of imidazole rings is 1. The lowest BCUT2D eigenvalue weighted by molar-refractivity contribution is -0.138. The maximum Gasteiger partial charge on any atom is 0.403 e. The summed E-state index contributed by atoms with van der Waals surface area (Å²) in [5, 5.41) is 21.1. The molecule has 13 nitrogen and oxygen atoms in total. The van der Waals surface area contributed by atoms with E-state index in [1.165, 1.54) is 24.3 Å². The van der Waals surface area contributed by atoms with Crippen LogP contribution in [-0.2, 0) is 18.6 Å². The van der Waals surface area contributed by atoms with Crippen molar-refractivity contribution in [1.29, 1.82) is 0 Å². The molecule has 1 saturated heterocycles. The van der Waals surface area contributed by atoms with Gasteiger partial charge in [-0.1, -0.05) is 0 Å². The fourth-order valence-electron chi connectivity index (χ4n) is 3.01. The molecule has 0 saturated carbocycles. The summed E-state index contributed by atoms with van der Waals surface area (Å²) in [5.74, 6) is -1.21. The Morgan fingerprint density at radius 2 is 2.20 bits per heavy atom. The van der Waals surface area contributed by atoms with Gasteiger partial charge in [-0.25, -0.2) is 24.0 Å². The monoisotopic (exact) mass is 449 g/mol. The van der Waals surface area contributed by atoms with Crippen molar-refractivity contribution < 1.29 is 42.9 Å². The molecule has 0 aliphatic carbocycles. The third-order valence-electron chi connectivity index (χ3n) is 4.63. The molecule has 2 aromatic rings. The summed E-state index contributed by atoms with van der Waals surface area (Å²) in [6.07, 6.45) is -2.03. The van der Waals surface area contributed by atoms with Gasteiger partial charge in [0.25, 0.3) is 0 Å². The molecule has 6 atom stereocenters. The molecule has 2 aromatic heterocycles. The molecular formula is C15H21FN5O8P. The Kier molecular flexibility index (Phi) is 6.09. The van der Waals surface area contributed by atoms with E-state index in [0.29, 0.717) is 0 Å². The molecule has 0 spiro atoms. The number of nitrogens with one attached hydrogen (secondary N) is 1. The zero-order valence-electron chi connectivity index (χ0n) is 16.2. The summed E-state index contributed by atoms with van der Waals surface area (Å²) in [4.78, 5) is 32.6. The Hall–Kier alpha value is -2.22. The summed E-state index contributed by atoms with van der Waals surface area (Å²) in [5.41, 5.74) is -1.91.